The number of aliphatic hydroxyl groups excluding tert-OH is 1. The molecule has 23 nitrogen and oxygen atoms in total. The average Bonchev–Trinajstić information content (AvgIpc) is 4.12. The highest BCUT2D eigenvalue weighted by atomic mass is 16.3. The van der Waals surface area contributed by atoms with Gasteiger partial charge in [-0.3, -0.25) is 52.7 Å². The Balaban J connectivity index is 3.26. The predicted octanol–water partition coefficient (Wildman–Crippen LogP) is 3.38. The average molecular weight is 1180 g/mol. The maximum absolute atomic E-state index is 14.3. The first-order valence-corrected chi connectivity index (χ1v) is 30.9. The smallest absolute Gasteiger partial charge is 0.245 e. The largest absolute Gasteiger partial charge is 0.395 e. The van der Waals surface area contributed by atoms with Crippen LogP contribution in [0.3, 0.4) is 0 Å². The third kappa shape index (κ3) is 30.1. The summed E-state index contributed by atoms with van der Waals surface area (Å²) in [6.07, 6.45) is 10.4. The van der Waals surface area contributed by atoms with Crippen molar-refractivity contribution in [2.45, 2.75) is 272 Å². The lowest BCUT2D eigenvalue weighted by molar-refractivity contribution is -0.140. The zero-order valence-corrected chi connectivity index (χ0v) is 52.8. The van der Waals surface area contributed by atoms with Crippen molar-refractivity contribution in [2.24, 2.45) is 11.8 Å². The van der Waals surface area contributed by atoms with Gasteiger partial charge >= 0.3 is 0 Å². The van der Waals surface area contributed by atoms with Gasteiger partial charge in [-0.15, -0.1) is 0 Å². The summed E-state index contributed by atoms with van der Waals surface area (Å²) < 4.78 is 0. The fourth-order valence-corrected chi connectivity index (χ4v) is 9.51. The van der Waals surface area contributed by atoms with E-state index in [1.54, 1.807) is 6.92 Å². The summed E-state index contributed by atoms with van der Waals surface area (Å²) in [6, 6.07) is -6.67. The van der Waals surface area contributed by atoms with Crippen LogP contribution in [0.5, 0.6) is 0 Å². The predicted molar refractivity (Wildman–Crippen MR) is 320 cm³/mol. The number of nitrogens with zero attached hydrogens (tertiary/aromatic N) is 1. The molecule has 23 heteroatoms. The molecule has 1 saturated heterocycles. The fourth-order valence-electron chi connectivity index (χ4n) is 9.51. The van der Waals surface area contributed by atoms with Crippen molar-refractivity contribution in [3.8, 4) is 0 Å². The Bertz CT molecular complexity index is 2090. The van der Waals surface area contributed by atoms with Gasteiger partial charge < -0.3 is 63.2 Å². The van der Waals surface area contributed by atoms with Gasteiger partial charge in [-0.2, -0.15) is 0 Å². The molecule has 476 valence electrons. The Labute approximate surface area is 495 Å². The lowest BCUT2D eigenvalue weighted by Gasteiger charge is -2.31. The van der Waals surface area contributed by atoms with Crippen LogP contribution in [0.4, 0.5) is 0 Å². The highest BCUT2D eigenvalue weighted by Crippen LogP contribution is 2.21. The summed E-state index contributed by atoms with van der Waals surface area (Å²) in [5.41, 5.74) is -3.23. The van der Waals surface area contributed by atoms with E-state index in [-0.39, 0.29) is 93.6 Å². The topological polar surface area (TPSA) is 332 Å². The molecule has 0 aliphatic carbocycles. The maximum atomic E-state index is 14.3. The number of ketones is 1. The molecule has 0 bridgehead atoms. The number of carbonyl (C=O) groups is 11. The monoisotopic (exact) mass is 1180 g/mol. The molecule has 7 atom stereocenters. The molecule has 0 spiro atoms. The van der Waals surface area contributed by atoms with Crippen molar-refractivity contribution in [1.82, 2.24) is 58.1 Å². The number of unbranched alkanes of at least 4 members (excludes halogenated alkanes) is 6. The van der Waals surface area contributed by atoms with Gasteiger partial charge in [0, 0.05) is 57.9 Å². The van der Waals surface area contributed by atoms with E-state index in [0.717, 1.165) is 44.9 Å². The second-order valence-corrected chi connectivity index (χ2v) is 24.4. The minimum absolute atomic E-state index is 0.00876. The number of hydrogen-bond donors (Lipinski definition) is 11. The van der Waals surface area contributed by atoms with E-state index in [1.807, 2.05) is 41.5 Å². The number of aliphatic hydroxyl groups is 1. The first-order chi connectivity index (χ1) is 39.0. The third-order valence-electron chi connectivity index (χ3n) is 14.4. The van der Waals surface area contributed by atoms with Crippen LogP contribution in [0.15, 0.2) is 0 Å². The van der Waals surface area contributed by atoms with Crippen LogP contribution < -0.4 is 53.2 Å². The molecular weight excluding hydrogens is 1070 g/mol. The molecule has 1 fully saturated rings. The SMILES string of the molecule is CCCCCCCC[C@H](NC(=O)[C@H](C)NC(=O)C(C)(C)NC(=O)[C@H](CCCC(=O)CCCC)NC(=O)C1CCCN1C(=O)CCC)C(=O)N[C@@H](CC(C)C)C(=O)NC(C)(C)C(=O)N[C@@H](CC(C)C)C(=O)NCCC(=O)N[C@@H](C)CNCCO. The highest BCUT2D eigenvalue weighted by molar-refractivity contribution is 5.99. The van der Waals surface area contributed by atoms with E-state index in [4.69, 9.17) is 5.11 Å². The van der Waals surface area contributed by atoms with E-state index in [2.05, 4.69) is 60.1 Å². The van der Waals surface area contributed by atoms with E-state index in [0.29, 0.717) is 58.2 Å². The van der Waals surface area contributed by atoms with Crippen LogP contribution in [0.2, 0.25) is 0 Å². The van der Waals surface area contributed by atoms with E-state index < -0.39 is 94.6 Å². The van der Waals surface area contributed by atoms with Gasteiger partial charge in [0.25, 0.3) is 0 Å². The molecule has 0 aromatic heterocycles. The number of hydrogen-bond acceptors (Lipinski definition) is 13. The molecule has 0 aromatic carbocycles. The molecule has 10 amide bonds. The summed E-state index contributed by atoms with van der Waals surface area (Å²) in [5.74, 6) is -5.71. The Morgan fingerprint density at radius 1 is 0.530 bits per heavy atom. The van der Waals surface area contributed by atoms with Gasteiger partial charge in [0.05, 0.1) is 6.61 Å². The first-order valence-electron chi connectivity index (χ1n) is 30.9. The van der Waals surface area contributed by atoms with Crippen molar-refractivity contribution in [1.29, 1.82) is 0 Å². The fraction of sp³-hybridized carbons (Fsp3) is 0.817. The number of rotatable bonds is 43. The van der Waals surface area contributed by atoms with E-state index >= 15 is 0 Å². The molecule has 83 heavy (non-hydrogen) atoms. The lowest BCUT2D eigenvalue weighted by Crippen LogP contribution is -2.63. The van der Waals surface area contributed by atoms with Gasteiger partial charge in [0.1, 0.15) is 53.1 Å². The van der Waals surface area contributed by atoms with Crippen LogP contribution in [-0.2, 0) is 52.7 Å². The second kappa shape index (κ2) is 39.8. The zero-order valence-electron chi connectivity index (χ0n) is 52.8. The van der Waals surface area contributed by atoms with Gasteiger partial charge in [-0.05, 0) is 111 Å². The molecule has 1 rings (SSSR count). The summed E-state index contributed by atoms with van der Waals surface area (Å²) >= 11 is 0. The molecular formula is C60H109N11O12. The number of nitrogens with one attached hydrogen (secondary N) is 10. The summed E-state index contributed by atoms with van der Waals surface area (Å²) in [6.45, 7) is 23.8. The van der Waals surface area contributed by atoms with Gasteiger partial charge in [0.15, 0.2) is 0 Å². The molecule has 1 heterocycles. The lowest BCUT2D eigenvalue weighted by atomic mass is 9.97. The van der Waals surface area contributed by atoms with Crippen LogP contribution in [-0.4, -0.2) is 161 Å². The second-order valence-electron chi connectivity index (χ2n) is 24.4. The Hall–Kier alpha value is -5.71. The molecule has 11 N–H and O–H groups in total. The van der Waals surface area contributed by atoms with E-state index in [9.17, 15) is 52.7 Å². The first kappa shape index (κ1) is 75.3. The Kier molecular flexibility index (Phi) is 36.1. The summed E-state index contributed by atoms with van der Waals surface area (Å²) in [5, 5.41) is 36.8. The van der Waals surface area contributed by atoms with Gasteiger partial charge in [-0.25, -0.2) is 0 Å². The van der Waals surface area contributed by atoms with Crippen molar-refractivity contribution < 1.29 is 57.8 Å². The van der Waals surface area contributed by atoms with Crippen molar-refractivity contribution in [3.05, 3.63) is 0 Å². The number of carbonyl (C=O) groups excluding carboxylic acids is 11. The molecule has 0 aromatic rings. The van der Waals surface area contributed by atoms with Crippen molar-refractivity contribution >= 4 is 64.9 Å². The normalized spacial score (nSPS) is 15.7. The third-order valence-corrected chi connectivity index (χ3v) is 14.4. The standard InChI is InChI=1S/C60H109N11O12/c1-14-17-19-20-21-22-28-44(53(78)67-47(37-40(6)7)55(80)70-60(12,13)58(83)68-46(36-39(4)5)52(77)62-32-31-49(74)63-41(8)38-61-33-35-72)65-51(76)42(9)64-57(82)59(10,11)69-54(79)45(29-23-27-43(73)26-18-15-2)66-56(81)48-30-24-34-71(48)50(75)25-16-3/h39-42,44-48,61,72H,14-38H2,1-13H3,(H,62,77)(H,63,74)(H,64,82)(H,65,76)(H,66,81)(H,67,78)(H,68,83)(H,69,79)(H,70,80)/t41-,42-,44-,45-,46-,47-,48?/m0/s1. The molecule has 0 saturated carbocycles. The minimum atomic E-state index is -1.64. The van der Waals surface area contributed by atoms with Crippen LogP contribution in [0.1, 0.15) is 218 Å². The molecule has 1 aliphatic rings. The molecule has 0 radical (unpaired) electrons. The van der Waals surface area contributed by atoms with Crippen LogP contribution >= 0.6 is 0 Å². The number of likely N-dealkylation sites (tertiary alicyclic amines) is 1. The minimum Gasteiger partial charge on any atom is -0.395 e. The summed E-state index contributed by atoms with van der Waals surface area (Å²) in [4.78, 5) is 151. The van der Waals surface area contributed by atoms with Crippen molar-refractivity contribution in [2.75, 3.05) is 32.8 Å². The number of Topliss-reactive ketones (excluding diaryl/α,β-unsaturated/α-hetero) is 1. The van der Waals surface area contributed by atoms with Crippen molar-refractivity contribution in [3.63, 3.8) is 0 Å². The zero-order chi connectivity index (χ0) is 62.9. The Morgan fingerprint density at radius 2 is 1.06 bits per heavy atom. The summed E-state index contributed by atoms with van der Waals surface area (Å²) in [7, 11) is 0. The highest BCUT2D eigenvalue weighted by Gasteiger charge is 2.40. The van der Waals surface area contributed by atoms with E-state index in [1.165, 1.54) is 39.5 Å². The number of amides is 10. The Morgan fingerprint density at radius 3 is 1.65 bits per heavy atom. The molecule has 1 aliphatic heterocycles. The maximum Gasteiger partial charge on any atom is 0.245 e. The quantitative estimate of drug-likeness (QED) is 0.0391. The van der Waals surface area contributed by atoms with Gasteiger partial charge in [0.2, 0.25) is 59.1 Å². The molecule has 1 unspecified atom stereocenters. The van der Waals surface area contributed by atoms with Gasteiger partial charge in [-0.1, -0.05) is 93.4 Å². The van der Waals surface area contributed by atoms with Crippen LogP contribution in [0, 0.1) is 11.8 Å². The van der Waals surface area contributed by atoms with Crippen LogP contribution in [0.25, 0.3) is 0 Å².